The molecule has 0 aromatic heterocycles. The second-order valence-electron chi connectivity index (χ2n) is 3.62. The number of aryl methyl sites for hydroxylation is 2. The molecule has 0 amide bonds. The number of fused-ring (bicyclic) bond motifs is 1. The van der Waals surface area contributed by atoms with Crippen LogP contribution in [0.25, 0.3) is 0 Å². The van der Waals surface area contributed by atoms with Crippen molar-refractivity contribution in [1.82, 2.24) is 0 Å². The van der Waals surface area contributed by atoms with Crippen LogP contribution in [0.1, 0.15) is 17.5 Å². The minimum Gasteiger partial charge on any atom is -0.493 e. The summed E-state index contributed by atoms with van der Waals surface area (Å²) in [5, 5.41) is 0. The molecule has 0 saturated carbocycles. The van der Waals surface area contributed by atoms with E-state index in [1.165, 1.54) is 0 Å². The highest BCUT2D eigenvalue weighted by molar-refractivity contribution is 8.13. The van der Waals surface area contributed by atoms with Gasteiger partial charge in [0.15, 0.2) is 0 Å². The first kappa shape index (κ1) is 10.8. The van der Waals surface area contributed by atoms with Gasteiger partial charge in [0.1, 0.15) is 5.75 Å². The third-order valence-electron chi connectivity index (χ3n) is 2.47. The van der Waals surface area contributed by atoms with Crippen LogP contribution in [0, 0.1) is 6.92 Å². The molecule has 1 aliphatic rings. The van der Waals surface area contributed by atoms with E-state index in [2.05, 4.69) is 0 Å². The lowest BCUT2D eigenvalue weighted by atomic mass is 10.0. The fourth-order valence-electron chi connectivity index (χ4n) is 1.74. The minimum atomic E-state index is -3.65. The lowest BCUT2D eigenvalue weighted by Crippen LogP contribution is -2.10. The molecule has 1 heterocycles. The Labute approximate surface area is 93.4 Å². The highest BCUT2D eigenvalue weighted by atomic mass is 35.7. The van der Waals surface area contributed by atoms with E-state index in [0.29, 0.717) is 12.2 Å². The zero-order valence-corrected chi connectivity index (χ0v) is 9.86. The lowest BCUT2D eigenvalue weighted by Gasteiger charge is -2.18. The van der Waals surface area contributed by atoms with E-state index in [-0.39, 0.29) is 4.90 Å². The summed E-state index contributed by atoms with van der Waals surface area (Å²) in [5.74, 6) is 0.780. The van der Waals surface area contributed by atoms with E-state index in [0.717, 1.165) is 24.2 Å². The fraction of sp³-hybridized carbons (Fsp3) is 0.400. The molecule has 1 aliphatic heterocycles. The highest BCUT2D eigenvalue weighted by Crippen LogP contribution is 2.31. The van der Waals surface area contributed by atoms with Crippen LogP contribution in [-0.4, -0.2) is 15.0 Å². The van der Waals surface area contributed by atoms with Crippen LogP contribution in [0.4, 0.5) is 0 Å². The van der Waals surface area contributed by atoms with Crippen molar-refractivity contribution >= 4 is 19.7 Å². The van der Waals surface area contributed by atoms with Crippen LogP contribution in [0.15, 0.2) is 17.0 Å². The second-order valence-corrected chi connectivity index (χ2v) is 6.15. The van der Waals surface area contributed by atoms with Crippen molar-refractivity contribution in [3.63, 3.8) is 0 Å². The van der Waals surface area contributed by atoms with Gasteiger partial charge in [-0.3, -0.25) is 0 Å². The van der Waals surface area contributed by atoms with Crippen LogP contribution in [-0.2, 0) is 15.5 Å². The van der Waals surface area contributed by atoms with Crippen LogP contribution >= 0.6 is 10.7 Å². The highest BCUT2D eigenvalue weighted by Gasteiger charge is 2.19. The van der Waals surface area contributed by atoms with Gasteiger partial charge in [-0.25, -0.2) is 8.42 Å². The first-order chi connectivity index (χ1) is 6.98. The smallest absolute Gasteiger partial charge is 0.261 e. The molecule has 0 N–H and O–H groups in total. The predicted octanol–water partition coefficient (Wildman–Crippen LogP) is 2.25. The number of ether oxygens (including phenoxy) is 1. The summed E-state index contributed by atoms with van der Waals surface area (Å²) in [7, 11) is 1.69. The van der Waals surface area contributed by atoms with Gasteiger partial charge >= 0.3 is 0 Å². The maximum Gasteiger partial charge on any atom is 0.261 e. The summed E-state index contributed by atoms with van der Waals surface area (Å²) in [5.41, 5.74) is 1.55. The molecular formula is C10H11ClO3S. The van der Waals surface area contributed by atoms with E-state index in [9.17, 15) is 8.42 Å². The molecule has 2 rings (SSSR count). The molecule has 5 heteroatoms. The van der Waals surface area contributed by atoms with Crippen molar-refractivity contribution in [2.24, 2.45) is 0 Å². The molecule has 15 heavy (non-hydrogen) atoms. The molecule has 0 unspecified atom stereocenters. The molecule has 0 aliphatic carbocycles. The molecule has 0 atom stereocenters. The van der Waals surface area contributed by atoms with Gasteiger partial charge in [-0.1, -0.05) is 0 Å². The Kier molecular flexibility index (Phi) is 2.64. The summed E-state index contributed by atoms with van der Waals surface area (Å²) in [6, 6.07) is 3.36. The number of halogens is 1. The van der Waals surface area contributed by atoms with Gasteiger partial charge in [0, 0.05) is 10.7 Å². The van der Waals surface area contributed by atoms with E-state index >= 15 is 0 Å². The topological polar surface area (TPSA) is 43.4 Å². The zero-order valence-electron chi connectivity index (χ0n) is 8.29. The Morgan fingerprint density at radius 1 is 1.40 bits per heavy atom. The molecule has 0 radical (unpaired) electrons. The number of benzene rings is 1. The molecule has 0 bridgehead atoms. The number of hydrogen-bond donors (Lipinski definition) is 0. The summed E-state index contributed by atoms with van der Waals surface area (Å²) in [6.45, 7) is 2.41. The third-order valence-corrected chi connectivity index (χ3v) is 3.93. The van der Waals surface area contributed by atoms with E-state index in [1.54, 1.807) is 19.1 Å². The maximum absolute atomic E-state index is 11.3. The lowest BCUT2D eigenvalue weighted by molar-refractivity contribution is 0.287. The van der Waals surface area contributed by atoms with Gasteiger partial charge in [-0.05, 0) is 43.0 Å². The predicted molar refractivity (Wildman–Crippen MR) is 58.0 cm³/mol. The molecule has 0 fully saturated rings. The van der Waals surface area contributed by atoms with Crippen molar-refractivity contribution in [3.8, 4) is 5.75 Å². The Hall–Kier alpha value is -0.740. The largest absolute Gasteiger partial charge is 0.493 e. The zero-order chi connectivity index (χ0) is 11.1. The van der Waals surface area contributed by atoms with Gasteiger partial charge < -0.3 is 4.74 Å². The van der Waals surface area contributed by atoms with Gasteiger partial charge in [-0.15, -0.1) is 0 Å². The molecule has 0 saturated heterocycles. The van der Waals surface area contributed by atoms with Gasteiger partial charge in [0.2, 0.25) is 0 Å². The van der Waals surface area contributed by atoms with Crippen LogP contribution in [0.2, 0.25) is 0 Å². The van der Waals surface area contributed by atoms with Crippen molar-refractivity contribution < 1.29 is 13.2 Å². The van der Waals surface area contributed by atoms with E-state index < -0.39 is 9.05 Å². The van der Waals surface area contributed by atoms with Crippen molar-refractivity contribution in [2.75, 3.05) is 6.61 Å². The average molecular weight is 247 g/mol. The Morgan fingerprint density at radius 3 is 2.80 bits per heavy atom. The summed E-state index contributed by atoms with van der Waals surface area (Å²) < 4.78 is 28.0. The molecule has 1 aromatic rings. The monoisotopic (exact) mass is 246 g/mol. The average Bonchev–Trinajstić information content (AvgIpc) is 2.15. The molecule has 82 valence electrons. The summed E-state index contributed by atoms with van der Waals surface area (Å²) in [6.07, 6.45) is 1.76. The SMILES string of the molecule is Cc1cc2c(cc1S(=O)(=O)Cl)CCCO2. The Balaban J connectivity index is 2.60. The molecule has 1 aromatic carbocycles. The molecular weight excluding hydrogens is 236 g/mol. The van der Waals surface area contributed by atoms with E-state index in [1.807, 2.05) is 0 Å². The second kappa shape index (κ2) is 3.68. The Bertz CT molecular complexity index is 494. The maximum atomic E-state index is 11.3. The number of hydrogen-bond acceptors (Lipinski definition) is 3. The molecule has 3 nitrogen and oxygen atoms in total. The standard InChI is InChI=1S/C10H11ClO3S/c1-7-5-9-8(3-2-4-14-9)6-10(7)15(11,12)13/h5-6H,2-4H2,1H3. The van der Waals surface area contributed by atoms with Crippen LogP contribution in [0.5, 0.6) is 5.75 Å². The molecule has 0 spiro atoms. The Morgan fingerprint density at radius 2 is 2.13 bits per heavy atom. The summed E-state index contributed by atoms with van der Waals surface area (Å²) in [4.78, 5) is 0.188. The normalized spacial score (nSPS) is 15.6. The third kappa shape index (κ3) is 2.11. The van der Waals surface area contributed by atoms with Gasteiger partial charge in [0.25, 0.3) is 9.05 Å². The first-order valence-electron chi connectivity index (χ1n) is 4.69. The van der Waals surface area contributed by atoms with Crippen molar-refractivity contribution in [3.05, 3.63) is 23.3 Å². The van der Waals surface area contributed by atoms with Gasteiger partial charge in [0.05, 0.1) is 11.5 Å². The minimum absolute atomic E-state index is 0.188. The van der Waals surface area contributed by atoms with Crippen LogP contribution in [0.3, 0.4) is 0 Å². The fourth-order valence-corrected chi connectivity index (χ4v) is 2.97. The van der Waals surface area contributed by atoms with Crippen molar-refractivity contribution in [1.29, 1.82) is 0 Å². The summed E-state index contributed by atoms with van der Waals surface area (Å²) >= 11 is 0. The number of rotatable bonds is 1. The van der Waals surface area contributed by atoms with Gasteiger partial charge in [-0.2, -0.15) is 0 Å². The van der Waals surface area contributed by atoms with Crippen molar-refractivity contribution in [2.45, 2.75) is 24.7 Å². The van der Waals surface area contributed by atoms with E-state index in [4.69, 9.17) is 15.4 Å². The quantitative estimate of drug-likeness (QED) is 0.714. The van der Waals surface area contributed by atoms with Crippen LogP contribution < -0.4 is 4.74 Å². The first-order valence-corrected chi connectivity index (χ1v) is 7.00.